The Balaban J connectivity index is 2.23. The molecule has 5 nitrogen and oxygen atoms in total. The van der Waals surface area contributed by atoms with Crippen molar-refractivity contribution in [1.82, 2.24) is 14.8 Å². The van der Waals surface area contributed by atoms with Crippen LogP contribution >= 0.6 is 0 Å². The lowest BCUT2D eigenvalue weighted by molar-refractivity contribution is 0.0511. The topological polar surface area (TPSA) is 57.0 Å². The van der Waals surface area contributed by atoms with Crippen molar-refractivity contribution in [2.75, 3.05) is 6.61 Å². The molecule has 2 rings (SSSR count). The summed E-state index contributed by atoms with van der Waals surface area (Å²) in [6, 6.07) is 0.0145. The van der Waals surface area contributed by atoms with Gasteiger partial charge in [0.2, 0.25) is 0 Å². The van der Waals surface area contributed by atoms with Crippen LogP contribution in [0.15, 0.2) is 0 Å². The second-order valence-corrected chi connectivity index (χ2v) is 4.10. The minimum absolute atomic E-state index is 0.0145. The number of hydrogen-bond acceptors (Lipinski definition) is 4. The second-order valence-electron chi connectivity index (χ2n) is 4.10. The molecular formula is C11H16FN3O2. The quantitative estimate of drug-likeness (QED) is 0.758. The van der Waals surface area contributed by atoms with Crippen molar-refractivity contribution in [2.24, 2.45) is 0 Å². The first kappa shape index (κ1) is 12.0. The summed E-state index contributed by atoms with van der Waals surface area (Å²) in [5.41, 5.74) is 0. The average Bonchev–Trinajstić information content (AvgIpc) is 2.82. The van der Waals surface area contributed by atoms with Crippen LogP contribution in [0, 0.1) is 0 Å². The number of ether oxygens (including phenoxy) is 1. The van der Waals surface area contributed by atoms with E-state index in [-0.39, 0.29) is 24.3 Å². The fraction of sp³-hybridized carbons (Fsp3) is 0.727. The normalized spacial score (nSPS) is 22.5. The van der Waals surface area contributed by atoms with Gasteiger partial charge < -0.3 is 4.74 Å². The molecule has 0 fully saturated rings. The van der Waals surface area contributed by atoms with Gasteiger partial charge in [0.05, 0.1) is 12.6 Å². The Morgan fingerprint density at radius 3 is 3.00 bits per heavy atom. The van der Waals surface area contributed by atoms with E-state index in [2.05, 4.69) is 10.1 Å². The fourth-order valence-corrected chi connectivity index (χ4v) is 2.12. The summed E-state index contributed by atoms with van der Waals surface area (Å²) in [6.07, 6.45) is 1.08. The third kappa shape index (κ3) is 2.16. The summed E-state index contributed by atoms with van der Waals surface area (Å²) in [7, 11) is 0. The van der Waals surface area contributed by atoms with Crippen LogP contribution in [0.1, 0.15) is 61.8 Å². The van der Waals surface area contributed by atoms with E-state index in [1.807, 2.05) is 6.92 Å². The molecule has 6 heteroatoms. The van der Waals surface area contributed by atoms with Crippen LogP contribution < -0.4 is 0 Å². The van der Waals surface area contributed by atoms with Crippen LogP contribution in [0.4, 0.5) is 4.39 Å². The average molecular weight is 241 g/mol. The highest BCUT2D eigenvalue weighted by atomic mass is 19.1. The van der Waals surface area contributed by atoms with Crippen molar-refractivity contribution >= 4 is 5.97 Å². The highest BCUT2D eigenvalue weighted by molar-refractivity contribution is 5.85. The Kier molecular flexibility index (Phi) is 3.40. The molecule has 0 N–H and O–H groups in total. The molecule has 0 saturated carbocycles. The van der Waals surface area contributed by atoms with Crippen LogP contribution in [0.25, 0.3) is 0 Å². The summed E-state index contributed by atoms with van der Waals surface area (Å²) in [4.78, 5) is 15.4. The molecule has 1 aliphatic rings. The number of halogens is 1. The Bertz CT molecular complexity index is 419. The Labute approximate surface area is 99.0 Å². The van der Waals surface area contributed by atoms with Crippen molar-refractivity contribution in [3.63, 3.8) is 0 Å². The third-order valence-corrected chi connectivity index (χ3v) is 2.84. The van der Waals surface area contributed by atoms with E-state index in [4.69, 9.17) is 4.74 Å². The molecule has 17 heavy (non-hydrogen) atoms. The molecule has 1 aromatic heterocycles. The second kappa shape index (κ2) is 4.81. The zero-order chi connectivity index (χ0) is 12.4. The molecule has 0 spiro atoms. The van der Waals surface area contributed by atoms with Gasteiger partial charge in [0.15, 0.2) is 12.0 Å². The first-order chi connectivity index (χ1) is 8.17. The van der Waals surface area contributed by atoms with Gasteiger partial charge in [-0.3, -0.25) is 0 Å². The minimum Gasteiger partial charge on any atom is -0.460 e. The zero-order valence-corrected chi connectivity index (χ0v) is 10.0. The number of fused-ring (bicyclic) bond motifs is 1. The van der Waals surface area contributed by atoms with Crippen molar-refractivity contribution < 1.29 is 13.9 Å². The smallest absolute Gasteiger partial charge is 0.378 e. The van der Waals surface area contributed by atoms with Gasteiger partial charge in [-0.15, -0.1) is 5.10 Å². The van der Waals surface area contributed by atoms with Crippen LogP contribution in [0.5, 0.6) is 0 Å². The van der Waals surface area contributed by atoms with Gasteiger partial charge in [0, 0.05) is 6.42 Å². The van der Waals surface area contributed by atoms with Crippen molar-refractivity contribution in [3.05, 3.63) is 11.6 Å². The van der Waals surface area contributed by atoms with Crippen LogP contribution in [0.2, 0.25) is 0 Å². The number of esters is 1. The van der Waals surface area contributed by atoms with Gasteiger partial charge in [-0.05, 0) is 13.3 Å². The molecule has 2 heterocycles. The number of aromatic nitrogens is 3. The van der Waals surface area contributed by atoms with Gasteiger partial charge in [-0.2, -0.15) is 0 Å². The third-order valence-electron chi connectivity index (χ3n) is 2.84. The number of carbonyl (C=O) groups is 1. The minimum atomic E-state index is -1.12. The summed E-state index contributed by atoms with van der Waals surface area (Å²) >= 11 is 0. The monoisotopic (exact) mass is 241 g/mol. The number of nitrogens with zero attached hydrogens (tertiary/aromatic N) is 3. The van der Waals surface area contributed by atoms with E-state index in [9.17, 15) is 9.18 Å². The molecule has 0 unspecified atom stereocenters. The van der Waals surface area contributed by atoms with Gasteiger partial charge >= 0.3 is 5.97 Å². The van der Waals surface area contributed by atoms with Crippen LogP contribution in [-0.4, -0.2) is 27.3 Å². The fourth-order valence-electron chi connectivity index (χ4n) is 2.12. The van der Waals surface area contributed by atoms with E-state index in [1.165, 1.54) is 0 Å². The Morgan fingerprint density at radius 2 is 2.35 bits per heavy atom. The number of rotatable bonds is 4. The van der Waals surface area contributed by atoms with Gasteiger partial charge in [0.1, 0.15) is 0 Å². The van der Waals surface area contributed by atoms with Crippen LogP contribution in [-0.2, 0) is 4.74 Å². The van der Waals surface area contributed by atoms with E-state index in [0.717, 1.165) is 12.8 Å². The molecule has 0 bridgehead atoms. The van der Waals surface area contributed by atoms with E-state index < -0.39 is 12.1 Å². The summed E-state index contributed by atoms with van der Waals surface area (Å²) in [5, 5.41) is 4.05. The first-order valence-electron chi connectivity index (χ1n) is 5.95. The predicted octanol–water partition coefficient (Wildman–Crippen LogP) is 2.21. The van der Waals surface area contributed by atoms with Crippen molar-refractivity contribution in [2.45, 2.75) is 45.3 Å². The highest BCUT2D eigenvalue weighted by Gasteiger charge is 2.35. The van der Waals surface area contributed by atoms with Gasteiger partial charge in [-0.25, -0.2) is 18.9 Å². The number of hydrogen-bond donors (Lipinski definition) is 0. The Hall–Kier alpha value is -1.46. The summed E-state index contributed by atoms with van der Waals surface area (Å²) in [6.45, 7) is 4.01. The zero-order valence-electron chi connectivity index (χ0n) is 10.0. The molecule has 94 valence electrons. The molecule has 0 aromatic carbocycles. The first-order valence-corrected chi connectivity index (χ1v) is 5.95. The van der Waals surface area contributed by atoms with Gasteiger partial charge in [0.25, 0.3) is 5.82 Å². The molecule has 0 radical (unpaired) electrons. The lowest BCUT2D eigenvalue weighted by atomic mass is 10.1. The maximum absolute atomic E-state index is 13.7. The lowest BCUT2D eigenvalue weighted by Crippen LogP contribution is -2.10. The molecule has 1 aromatic rings. The lowest BCUT2D eigenvalue weighted by Gasteiger charge is -2.08. The summed E-state index contributed by atoms with van der Waals surface area (Å²) < 4.78 is 20.0. The molecule has 0 saturated heterocycles. The number of carbonyl (C=O) groups excluding carboxylic acids is 1. The van der Waals surface area contributed by atoms with E-state index in [0.29, 0.717) is 6.42 Å². The van der Waals surface area contributed by atoms with Crippen LogP contribution in [0.3, 0.4) is 0 Å². The molecule has 2 atom stereocenters. The standard InChI is InChI=1S/C11H16FN3O2/c1-3-5-7-6-8(12)10-13-9(14-15(7)10)11(16)17-4-2/h7-8H,3-6H2,1-2H3/t7-,8+/m1/s1. The molecular weight excluding hydrogens is 225 g/mol. The van der Waals surface area contributed by atoms with Crippen molar-refractivity contribution in [3.8, 4) is 0 Å². The molecule has 1 aliphatic heterocycles. The number of alkyl halides is 1. The Morgan fingerprint density at radius 1 is 1.59 bits per heavy atom. The van der Waals surface area contributed by atoms with E-state index >= 15 is 0 Å². The highest BCUT2D eigenvalue weighted by Crippen LogP contribution is 2.37. The maximum atomic E-state index is 13.7. The predicted molar refractivity (Wildman–Crippen MR) is 58.4 cm³/mol. The van der Waals surface area contributed by atoms with Gasteiger partial charge in [-0.1, -0.05) is 13.3 Å². The SMILES string of the molecule is CCC[C@@H]1C[C@H](F)c2nc(C(=O)OCC)nn21. The molecule has 0 aliphatic carbocycles. The van der Waals surface area contributed by atoms with Crippen molar-refractivity contribution in [1.29, 1.82) is 0 Å². The van der Waals surface area contributed by atoms with E-state index in [1.54, 1.807) is 11.6 Å². The summed E-state index contributed by atoms with van der Waals surface area (Å²) in [5.74, 6) is -0.367. The largest absolute Gasteiger partial charge is 0.460 e. The molecule has 0 amide bonds. The maximum Gasteiger partial charge on any atom is 0.378 e.